The van der Waals surface area contributed by atoms with Crippen molar-refractivity contribution in [2.45, 2.75) is 51.4 Å². The van der Waals surface area contributed by atoms with Gasteiger partial charge in [-0.25, -0.2) is 4.68 Å². The molecule has 2 aromatic rings. The van der Waals surface area contributed by atoms with Gasteiger partial charge < -0.3 is 5.32 Å². The van der Waals surface area contributed by atoms with Gasteiger partial charge in [0.15, 0.2) is 0 Å². The summed E-state index contributed by atoms with van der Waals surface area (Å²) in [7, 11) is 0. The molecule has 1 aromatic carbocycles. The first-order valence-corrected chi connectivity index (χ1v) is 8.74. The Balaban J connectivity index is 1.82. The van der Waals surface area contributed by atoms with E-state index in [-0.39, 0.29) is 0 Å². The first-order valence-electron chi connectivity index (χ1n) is 8.37. The molecule has 0 amide bonds. The number of rotatable bonds is 2. The molecule has 0 spiro atoms. The summed E-state index contributed by atoms with van der Waals surface area (Å²) in [5.74, 6) is 1.83. The Kier molecular flexibility index (Phi) is 3.61. The van der Waals surface area contributed by atoms with E-state index in [4.69, 9.17) is 16.7 Å². The number of nitrogens with zero attached hydrogens (tertiary/aromatic N) is 2. The van der Waals surface area contributed by atoms with Gasteiger partial charge in [0.05, 0.1) is 11.4 Å². The number of fused-ring (bicyclic) bond motifs is 1. The lowest BCUT2D eigenvalue weighted by Crippen LogP contribution is -2.10. The van der Waals surface area contributed by atoms with Crippen LogP contribution in [-0.4, -0.2) is 16.3 Å². The van der Waals surface area contributed by atoms with Crippen LogP contribution in [0.15, 0.2) is 18.2 Å². The van der Waals surface area contributed by atoms with Crippen LogP contribution < -0.4 is 5.32 Å². The van der Waals surface area contributed by atoms with Gasteiger partial charge in [-0.3, -0.25) is 0 Å². The van der Waals surface area contributed by atoms with Crippen molar-refractivity contribution in [3.63, 3.8) is 0 Å². The molecule has 4 rings (SSSR count). The van der Waals surface area contributed by atoms with Gasteiger partial charge in [-0.1, -0.05) is 36.9 Å². The number of hydrogen-bond acceptors (Lipinski definition) is 2. The number of hydrogen-bond donors (Lipinski definition) is 1. The number of anilines is 1. The minimum absolute atomic E-state index is 0.642. The van der Waals surface area contributed by atoms with E-state index >= 15 is 0 Å². The van der Waals surface area contributed by atoms with Gasteiger partial charge in [-0.05, 0) is 43.9 Å². The quantitative estimate of drug-likeness (QED) is 0.858. The monoisotopic (exact) mass is 315 g/mol. The van der Waals surface area contributed by atoms with Gasteiger partial charge in [0.2, 0.25) is 0 Å². The lowest BCUT2D eigenvalue weighted by atomic mass is 9.85. The average molecular weight is 316 g/mol. The third-order valence-corrected chi connectivity index (χ3v) is 5.55. The summed E-state index contributed by atoms with van der Waals surface area (Å²) < 4.78 is 2.09. The van der Waals surface area contributed by atoms with Crippen LogP contribution in [0.5, 0.6) is 0 Å². The highest BCUT2D eigenvalue weighted by molar-refractivity contribution is 6.31. The second-order valence-electron chi connectivity index (χ2n) is 6.52. The largest absolute Gasteiger partial charge is 0.369 e. The molecular weight excluding hydrogens is 294 g/mol. The summed E-state index contributed by atoms with van der Waals surface area (Å²) in [5.41, 5.74) is 4.96. The van der Waals surface area contributed by atoms with Crippen LogP contribution >= 0.6 is 11.6 Å². The molecule has 3 nitrogen and oxygen atoms in total. The maximum atomic E-state index is 6.31. The van der Waals surface area contributed by atoms with Crippen molar-refractivity contribution >= 4 is 17.4 Å². The van der Waals surface area contributed by atoms with Crippen LogP contribution in [0.4, 0.5) is 5.82 Å². The highest BCUT2D eigenvalue weighted by Gasteiger charge is 2.29. The third-order valence-electron chi connectivity index (χ3n) is 5.14. The fourth-order valence-electron chi connectivity index (χ4n) is 3.91. The minimum Gasteiger partial charge on any atom is -0.369 e. The molecule has 1 aliphatic carbocycles. The van der Waals surface area contributed by atoms with Crippen LogP contribution in [0.2, 0.25) is 5.02 Å². The van der Waals surface area contributed by atoms with Gasteiger partial charge in [0.1, 0.15) is 5.82 Å². The predicted molar refractivity (Wildman–Crippen MR) is 91.3 cm³/mol. The van der Waals surface area contributed by atoms with Gasteiger partial charge in [-0.15, -0.1) is 0 Å². The van der Waals surface area contributed by atoms with Crippen LogP contribution in [0.3, 0.4) is 0 Å². The number of aromatic nitrogens is 2. The molecule has 116 valence electrons. The Morgan fingerprint density at radius 1 is 1.23 bits per heavy atom. The molecule has 0 radical (unpaired) electrons. The lowest BCUT2D eigenvalue weighted by molar-refractivity contribution is 0.433. The zero-order chi connectivity index (χ0) is 15.1. The molecular formula is C18H22ClN3. The second-order valence-corrected chi connectivity index (χ2v) is 6.93. The maximum Gasteiger partial charge on any atom is 0.133 e. The zero-order valence-electron chi connectivity index (χ0n) is 13.0. The number of halogens is 1. The smallest absolute Gasteiger partial charge is 0.133 e. The van der Waals surface area contributed by atoms with Crippen LogP contribution in [0, 0.1) is 6.92 Å². The van der Waals surface area contributed by atoms with E-state index in [0.717, 1.165) is 29.2 Å². The molecule has 2 aliphatic rings. The van der Waals surface area contributed by atoms with E-state index in [9.17, 15) is 0 Å². The Hall–Kier alpha value is -1.48. The average Bonchev–Trinajstić information content (AvgIpc) is 3.13. The highest BCUT2D eigenvalue weighted by Crippen LogP contribution is 2.39. The predicted octanol–water partition coefficient (Wildman–Crippen LogP) is 4.85. The van der Waals surface area contributed by atoms with Crippen LogP contribution in [-0.2, 0) is 6.42 Å². The molecule has 0 saturated heterocycles. The summed E-state index contributed by atoms with van der Waals surface area (Å²) in [4.78, 5) is 0. The van der Waals surface area contributed by atoms with E-state index in [1.54, 1.807) is 0 Å². The molecule has 22 heavy (non-hydrogen) atoms. The lowest BCUT2D eigenvalue weighted by Gasteiger charge is -2.20. The van der Waals surface area contributed by atoms with Gasteiger partial charge in [0, 0.05) is 23.0 Å². The normalized spacial score (nSPS) is 18.3. The van der Waals surface area contributed by atoms with Gasteiger partial charge >= 0.3 is 0 Å². The van der Waals surface area contributed by atoms with Crippen LogP contribution in [0.25, 0.3) is 5.69 Å². The van der Waals surface area contributed by atoms with Crippen molar-refractivity contribution in [1.82, 2.24) is 9.78 Å². The first-order chi connectivity index (χ1) is 10.8. The van der Waals surface area contributed by atoms with Crippen molar-refractivity contribution < 1.29 is 0 Å². The van der Waals surface area contributed by atoms with Gasteiger partial charge in [0.25, 0.3) is 0 Å². The first kappa shape index (κ1) is 14.1. The Morgan fingerprint density at radius 3 is 2.86 bits per heavy atom. The van der Waals surface area contributed by atoms with Crippen molar-refractivity contribution in [2.75, 3.05) is 11.9 Å². The van der Waals surface area contributed by atoms with E-state index in [0.29, 0.717) is 5.92 Å². The standard InChI is InChI=1S/C18H22ClN3/c1-12-15(19)8-5-9-16(12)22-18-14(10-11-20-18)17(21-22)13-6-3-2-4-7-13/h5,8-9,13,20H,2-4,6-7,10-11H2,1H3. The molecule has 0 unspecified atom stereocenters. The van der Waals surface area contributed by atoms with Crippen molar-refractivity contribution in [3.8, 4) is 5.69 Å². The van der Waals surface area contributed by atoms with Crippen molar-refractivity contribution in [3.05, 3.63) is 40.0 Å². The van der Waals surface area contributed by atoms with Crippen LogP contribution in [0.1, 0.15) is 54.8 Å². The van der Waals surface area contributed by atoms with E-state index in [1.165, 1.54) is 49.2 Å². The highest BCUT2D eigenvalue weighted by atomic mass is 35.5. The molecule has 1 N–H and O–H groups in total. The molecule has 0 bridgehead atoms. The van der Waals surface area contributed by atoms with Crippen molar-refractivity contribution in [2.24, 2.45) is 0 Å². The van der Waals surface area contributed by atoms with Gasteiger partial charge in [-0.2, -0.15) is 5.10 Å². The van der Waals surface area contributed by atoms with E-state index in [2.05, 4.69) is 23.0 Å². The molecule has 0 atom stereocenters. The molecule has 2 heterocycles. The SMILES string of the molecule is Cc1c(Cl)cccc1-n1nc(C2CCCCC2)c2c1NCC2. The Labute approximate surface area is 136 Å². The van der Waals surface area contributed by atoms with Crippen molar-refractivity contribution in [1.29, 1.82) is 0 Å². The molecule has 1 saturated carbocycles. The number of nitrogens with one attached hydrogen (secondary N) is 1. The second kappa shape index (κ2) is 5.62. The minimum atomic E-state index is 0.642. The Bertz CT molecular complexity index is 699. The maximum absolute atomic E-state index is 6.31. The number of benzene rings is 1. The topological polar surface area (TPSA) is 29.9 Å². The summed E-state index contributed by atoms with van der Waals surface area (Å²) >= 11 is 6.31. The summed E-state index contributed by atoms with van der Waals surface area (Å²) in [5, 5.41) is 9.36. The van der Waals surface area contributed by atoms with E-state index < -0.39 is 0 Å². The third kappa shape index (κ3) is 2.23. The molecule has 1 aromatic heterocycles. The Morgan fingerprint density at radius 2 is 2.05 bits per heavy atom. The summed E-state index contributed by atoms with van der Waals surface area (Å²) in [6.07, 6.45) is 7.74. The fraction of sp³-hybridized carbons (Fsp3) is 0.500. The molecule has 4 heteroatoms. The van der Waals surface area contributed by atoms with E-state index in [1.807, 2.05) is 12.1 Å². The zero-order valence-corrected chi connectivity index (χ0v) is 13.8. The molecule has 1 aliphatic heterocycles. The molecule has 1 fully saturated rings. The fourth-order valence-corrected chi connectivity index (χ4v) is 4.07. The summed E-state index contributed by atoms with van der Waals surface area (Å²) in [6.45, 7) is 3.09. The summed E-state index contributed by atoms with van der Waals surface area (Å²) in [6, 6.07) is 6.06.